The van der Waals surface area contributed by atoms with E-state index in [2.05, 4.69) is 0 Å². The third-order valence-electron chi connectivity index (χ3n) is 5.13. The normalized spacial score (nSPS) is 22.1. The van der Waals surface area contributed by atoms with Crippen molar-refractivity contribution in [3.63, 3.8) is 0 Å². The zero-order chi connectivity index (χ0) is 14.7. The molecule has 0 saturated heterocycles. The molecule has 0 amide bonds. The van der Waals surface area contributed by atoms with Crippen LogP contribution in [0.2, 0.25) is 0 Å². The van der Waals surface area contributed by atoms with Crippen molar-refractivity contribution in [1.29, 1.82) is 0 Å². The highest BCUT2D eigenvalue weighted by atomic mass is 16.5. The minimum absolute atomic E-state index is 0.346. The van der Waals surface area contributed by atoms with Crippen molar-refractivity contribution in [2.24, 2.45) is 0 Å². The molecule has 21 heavy (non-hydrogen) atoms. The van der Waals surface area contributed by atoms with Crippen LogP contribution in [0.1, 0.15) is 63.4 Å². The maximum atomic E-state index is 11.8. The maximum Gasteiger partial charge on any atom is 0.314 e. The zero-order valence-electron chi connectivity index (χ0n) is 12.5. The molecule has 2 fully saturated rings. The lowest BCUT2D eigenvalue weighted by Gasteiger charge is -2.33. The zero-order valence-corrected chi connectivity index (χ0v) is 12.5. The summed E-state index contributed by atoms with van der Waals surface area (Å²) in [6.07, 6.45) is 9.81. The van der Waals surface area contributed by atoms with Gasteiger partial charge in [-0.2, -0.15) is 0 Å². The summed E-state index contributed by atoms with van der Waals surface area (Å²) in [5, 5.41) is 9.71. The van der Waals surface area contributed by atoms with Gasteiger partial charge < -0.3 is 9.84 Å². The highest BCUT2D eigenvalue weighted by molar-refractivity contribution is 5.81. The molecule has 3 rings (SSSR count). The molecule has 0 aromatic heterocycles. The van der Waals surface area contributed by atoms with E-state index in [1.165, 1.54) is 12.8 Å². The molecule has 0 aliphatic heterocycles. The van der Waals surface area contributed by atoms with E-state index in [4.69, 9.17) is 4.74 Å². The van der Waals surface area contributed by atoms with Gasteiger partial charge in [0, 0.05) is 0 Å². The molecule has 0 radical (unpaired) electrons. The number of hydrogen-bond donors (Lipinski definition) is 1. The lowest BCUT2D eigenvalue weighted by atomic mass is 9.69. The van der Waals surface area contributed by atoms with Crippen LogP contribution in [0, 0.1) is 0 Å². The summed E-state index contributed by atoms with van der Waals surface area (Å²) < 4.78 is 5.96. The van der Waals surface area contributed by atoms with Crippen LogP contribution in [0.25, 0.3) is 0 Å². The molecule has 2 saturated carbocycles. The van der Waals surface area contributed by atoms with Crippen molar-refractivity contribution in [3.05, 3.63) is 29.8 Å². The van der Waals surface area contributed by atoms with Gasteiger partial charge in [0.05, 0.1) is 11.5 Å². The van der Waals surface area contributed by atoms with Crippen molar-refractivity contribution < 1.29 is 14.6 Å². The summed E-state index contributed by atoms with van der Waals surface area (Å²) in [4.78, 5) is 11.8. The molecule has 0 heterocycles. The van der Waals surface area contributed by atoms with Gasteiger partial charge in [0.25, 0.3) is 0 Å². The smallest absolute Gasteiger partial charge is 0.314 e. The topological polar surface area (TPSA) is 46.5 Å². The van der Waals surface area contributed by atoms with Crippen molar-refractivity contribution in [2.75, 3.05) is 0 Å². The Labute approximate surface area is 126 Å². The molecular weight excluding hydrogens is 264 g/mol. The molecule has 0 unspecified atom stereocenters. The van der Waals surface area contributed by atoms with Crippen LogP contribution in [-0.2, 0) is 10.2 Å². The average Bonchev–Trinajstić information content (AvgIpc) is 3.01. The van der Waals surface area contributed by atoms with Gasteiger partial charge in [-0.3, -0.25) is 4.79 Å². The number of carboxylic acid groups (broad SMARTS) is 1. The fourth-order valence-electron chi connectivity index (χ4n) is 3.83. The van der Waals surface area contributed by atoms with Crippen LogP contribution in [0.4, 0.5) is 0 Å². The Hall–Kier alpha value is -1.51. The summed E-state index contributed by atoms with van der Waals surface area (Å²) in [5.41, 5.74) is 0.262. The van der Waals surface area contributed by atoms with Crippen molar-refractivity contribution in [3.8, 4) is 5.75 Å². The summed E-state index contributed by atoms with van der Waals surface area (Å²) >= 11 is 0. The van der Waals surface area contributed by atoms with E-state index in [-0.39, 0.29) is 0 Å². The minimum atomic E-state index is -0.676. The van der Waals surface area contributed by atoms with E-state index in [1.54, 1.807) is 0 Å². The third-order valence-corrected chi connectivity index (χ3v) is 5.13. The molecule has 3 nitrogen and oxygen atoms in total. The average molecular weight is 288 g/mol. The highest BCUT2D eigenvalue weighted by Gasteiger charge is 2.41. The molecule has 3 heteroatoms. The second kappa shape index (κ2) is 6.08. The van der Waals surface area contributed by atoms with Gasteiger partial charge in [-0.05, 0) is 56.2 Å². The van der Waals surface area contributed by atoms with Crippen molar-refractivity contribution in [1.82, 2.24) is 0 Å². The Morgan fingerprint density at radius 2 is 1.62 bits per heavy atom. The summed E-state index contributed by atoms with van der Waals surface area (Å²) in [6, 6.07) is 7.83. The third kappa shape index (κ3) is 2.92. The Morgan fingerprint density at radius 3 is 2.19 bits per heavy atom. The first-order valence-corrected chi connectivity index (χ1v) is 8.21. The summed E-state index contributed by atoms with van der Waals surface area (Å²) in [5.74, 6) is 0.202. The van der Waals surface area contributed by atoms with E-state index in [0.29, 0.717) is 6.10 Å². The van der Waals surface area contributed by atoms with Crippen LogP contribution in [0.15, 0.2) is 24.3 Å². The molecule has 2 aliphatic carbocycles. The van der Waals surface area contributed by atoms with Crippen LogP contribution >= 0.6 is 0 Å². The fourth-order valence-corrected chi connectivity index (χ4v) is 3.83. The lowest BCUT2D eigenvalue weighted by molar-refractivity contribution is -0.145. The van der Waals surface area contributed by atoms with Gasteiger partial charge in [0.2, 0.25) is 0 Å². The highest BCUT2D eigenvalue weighted by Crippen LogP contribution is 2.40. The molecule has 0 bridgehead atoms. The van der Waals surface area contributed by atoms with Crippen molar-refractivity contribution >= 4 is 5.97 Å². The van der Waals surface area contributed by atoms with Gasteiger partial charge in [0.1, 0.15) is 5.75 Å². The Balaban J connectivity index is 1.76. The van der Waals surface area contributed by atoms with Crippen molar-refractivity contribution in [2.45, 2.75) is 69.3 Å². The van der Waals surface area contributed by atoms with Gasteiger partial charge in [-0.1, -0.05) is 31.4 Å². The molecule has 0 atom stereocenters. The number of benzene rings is 1. The number of ether oxygens (including phenoxy) is 1. The molecule has 1 aromatic carbocycles. The van der Waals surface area contributed by atoms with Crippen LogP contribution in [-0.4, -0.2) is 17.2 Å². The van der Waals surface area contributed by atoms with Gasteiger partial charge in [-0.15, -0.1) is 0 Å². The second-order valence-electron chi connectivity index (χ2n) is 6.50. The first kappa shape index (κ1) is 14.4. The number of aliphatic carboxylic acids is 1. The summed E-state index contributed by atoms with van der Waals surface area (Å²) in [7, 11) is 0. The Kier molecular flexibility index (Phi) is 4.18. The number of hydrogen-bond acceptors (Lipinski definition) is 2. The SMILES string of the molecule is O=C(O)C1(c2ccc(OC3CCCC3)cc2)CCCCC1. The molecule has 0 spiro atoms. The summed E-state index contributed by atoms with van der Waals surface area (Å²) in [6.45, 7) is 0. The first-order valence-electron chi connectivity index (χ1n) is 8.21. The second-order valence-corrected chi connectivity index (χ2v) is 6.50. The molecular formula is C18H24O3. The van der Waals surface area contributed by atoms with Gasteiger partial charge >= 0.3 is 5.97 Å². The predicted octanol–water partition coefficient (Wildman–Crippen LogP) is 4.29. The monoisotopic (exact) mass is 288 g/mol. The lowest BCUT2D eigenvalue weighted by Crippen LogP contribution is -2.37. The fraction of sp³-hybridized carbons (Fsp3) is 0.611. The predicted molar refractivity (Wildman–Crippen MR) is 81.7 cm³/mol. The van der Waals surface area contributed by atoms with Crippen LogP contribution < -0.4 is 4.74 Å². The first-order chi connectivity index (χ1) is 10.2. The molecule has 114 valence electrons. The molecule has 2 aliphatic rings. The van der Waals surface area contributed by atoms with E-state index >= 15 is 0 Å². The minimum Gasteiger partial charge on any atom is -0.490 e. The Bertz CT molecular complexity index is 480. The van der Waals surface area contributed by atoms with Crippen LogP contribution in [0.5, 0.6) is 5.75 Å². The standard InChI is InChI=1S/C18H24O3/c19-17(20)18(12-4-1-5-13-18)14-8-10-16(11-9-14)21-15-6-2-3-7-15/h8-11,15H,1-7,12-13H2,(H,19,20). The number of carboxylic acids is 1. The molecule has 1 aromatic rings. The number of rotatable bonds is 4. The Morgan fingerprint density at radius 1 is 1.00 bits per heavy atom. The van der Waals surface area contributed by atoms with E-state index in [1.807, 2.05) is 24.3 Å². The van der Waals surface area contributed by atoms with E-state index in [0.717, 1.165) is 56.3 Å². The van der Waals surface area contributed by atoms with E-state index in [9.17, 15) is 9.90 Å². The van der Waals surface area contributed by atoms with Gasteiger partial charge in [0.15, 0.2) is 0 Å². The molecule has 1 N–H and O–H groups in total. The van der Waals surface area contributed by atoms with E-state index < -0.39 is 11.4 Å². The van der Waals surface area contributed by atoms with Crippen LogP contribution in [0.3, 0.4) is 0 Å². The largest absolute Gasteiger partial charge is 0.490 e. The maximum absolute atomic E-state index is 11.8. The van der Waals surface area contributed by atoms with Gasteiger partial charge in [-0.25, -0.2) is 0 Å². The number of carbonyl (C=O) groups is 1. The quantitative estimate of drug-likeness (QED) is 0.898.